The Balaban J connectivity index is 1.76. The first-order valence-electron chi connectivity index (χ1n) is 7.20. The van der Waals surface area contributed by atoms with E-state index in [1.54, 1.807) is 0 Å². The molecule has 3 atom stereocenters. The van der Waals surface area contributed by atoms with E-state index in [1.807, 2.05) is 4.90 Å². The van der Waals surface area contributed by atoms with Crippen molar-refractivity contribution in [3.63, 3.8) is 0 Å². The zero-order chi connectivity index (χ0) is 12.3. The third kappa shape index (κ3) is 3.44. The van der Waals surface area contributed by atoms with Crippen LogP contribution in [0, 0.1) is 5.92 Å². The lowest BCUT2D eigenvalue weighted by Crippen LogP contribution is -2.47. The van der Waals surface area contributed by atoms with E-state index in [0.717, 1.165) is 31.8 Å². The van der Waals surface area contributed by atoms with E-state index in [-0.39, 0.29) is 0 Å². The maximum atomic E-state index is 11.6. The van der Waals surface area contributed by atoms with Crippen molar-refractivity contribution in [1.29, 1.82) is 0 Å². The van der Waals surface area contributed by atoms with Gasteiger partial charge in [0.05, 0.1) is 0 Å². The van der Waals surface area contributed by atoms with Gasteiger partial charge in [-0.1, -0.05) is 19.8 Å². The summed E-state index contributed by atoms with van der Waals surface area (Å²) in [6.45, 7) is 6.42. The zero-order valence-electron chi connectivity index (χ0n) is 11.2. The van der Waals surface area contributed by atoms with Crippen molar-refractivity contribution in [1.82, 2.24) is 10.2 Å². The zero-order valence-corrected chi connectivity index (χ0v) is 11.2. The molecule has 0 aromatic heterocycles. The highest BCUT2D eigenvalue weighted by atomic mass is 16.2. The van der Waals surface area contributed by atoms with Gasteiger partial charge in [0, 0.05) is 31.6 Å². The van der Waals surface area contributed by atoms with E-state index in [4.69, 9.17) is 0 Å². The van der Waals surface area contributed by atoms with E-state index in [1.165, 1.54) is 25.7 Å². The number of carbonyl (C=O) groups excluding carboxylic acids is 1. The molecule has 0 aromatic carbocycles. The smallest absolute Gasteiger partial charge is 0.222 e. The first kappa shape index (κ1) is 12.9. The number of likely N-dealkylation sites (tertiary alicyclic amines) is 1. The third-order valence-electron chi connectivity index (χ3n) is 4.28. The minimum absolute atomic E-state index is 0.343. The van der Waals surface area contributed by atoms with Gasteiger partial charge in [0.1, 0.15) is 0 Å². The van der Waals surface area contributed by atoms with Crippen LogP contribution >= 0.6 is 0 Å². The fourth-order valence-electron chi connectivity index (χ4n) is 3.21. The number of rotatable bonds is 4. The summed E-state index contributed by atoms with van der Waals surface area (Å²) < 4.78 is 0. The highest BCUT2D eigenvalue weighted by Gasteiger charge is 2.25. The summed E-state index contributed by atoms with van der Waals surface area (Å²) in [5, 5.41) is 3.72. The van der Waals surface area contributed by atoms with Gasteiger partial charge in [0.15, 0.2) is 0 Å². The van der Waals surface area contributed by atoms with Crippen LogP contribution in [-0.4, -0.2) is 36.0 Å². The summed E-state index contributed by atoms with van der Waals surface area (Å²) in [7, 11) is 0. The van der Waals surface area contributed by atoms with Crippen molar-refractivity contribution in [2.45, 2.75) is 64.5 Å². The molecule has 2 aliphatic rings. The number of carbonyl (C=O) groups is 1. The van der Waals surface area contributed by atoms with Gasteiger partial charge < -0.3 is 10.2 Å². The van der Waals surface area contributed by atoms with Gasteiger partial charge >= 0.3 is 0 Å². The number of hydrogen-bond donors (Lipinski definition) is 1. The van der Waals surface area contributed by atoms with Crippen LogP contribution < -0.4 is 5.32 Å². The Morgan fingerprint density at radius 3 is 2.76 bits per heavy atom. The fraction of sp³-hybridized carbons (Fsp3) is 0.929. The normalized spacial score (nSPS) is 31.9. The maximum Gasteiger partial charge on any atom is 0.222 e. The van der Waals surface area contributed by atoms with E-state index >= 15 is 0 Å². The molecule has 3 unspecified atom stereocenters. The Morgan fingerprint density at radius 2 is 2.12 bits per heavy atom. The second kappa shape index (κ2) is 5.85. The Labute approximate surface area is 105 Å². The molecule has 1 aliphatic carbocycles. The number of amides is 1. The van der Waals surface area contributed by atoms with E-state index in [9.17, 15) is 4.79 Å². The van der Waals surface area contributed by atoms with Crippen LogP contribution in [0.3, 0.4) is 0 Å². The maximum absolute atomic E-state index is 11.6. The lowest BCUT2D eigenvalue weighted by atomic mass is 9.85. The van der Waals surface area contributed by atoms with Gasteiger partial charge in [-0.25, -0.2) is 0 Å². The summed E-state index contributed by atoms with van der Waals surface area (Å²) >= 11 is 0. The van der Waals surface area contributed by atoms with Crippen LogP contribution in [0.2, 0.25) is 0 Å². The molecule has 17 heavy (non-hydrogen) atoms. The van der Waals surface area contributed by atoms with E-state index in [2.05, 4.69) is 19.2 Å². The summed E-state index contributed by atoms with van der Waals surface area (Å²) in [6, 6.07) is 1.10. The molecule has 1 N–H and O–H groups in total. The minimum Gasteiger partial charge on any atom is -0.341 e. The third-order valence-corrected chi connectivity index (χ3v) is 4.28. The van der Waals surface area contributed by atoms with Crippen molar-refractivity contribution >= 4 is 5.91 Å². The largest absolute Gasteiger partial charge is 0.341 e. The van der Waals surface area contributed by atoms with Crippen LogP contribution in [0.5, 0.6) is 0 Å². The van der Waals surface area contributed by atoms with E-state index < -0.39 is 0 Å². The molecule has 0 aromatic rings. The summed E-state index contributed by atoms with van der Waals surface area (Å²) in [5.74, 6) is 1.14. The molecule has 1 heterocycles. The molecule has 2 fully saturated rings. The van der Waals surface area contributed by atoms with Crippen LogP contribution in [0.4, 0.5) is 0 Å². The molecule has 1 aliphatic heterocycles. The molecule has 0 radical (unpaired) electrons. The van der Waals surface area contributed by atoms with Gasteiger partial charge in [-0.2, -0.15) is 0 Å². The molecule has 98 valence electrons. The molecule has 1 saturated carbocycles. The number of hydrogen-bond acceptors (Lipinski definition) is 2. The molecule has 3 nitrogen and oxygen atoms in total. The second-order valence-electron chi connectivity index (χ2n) is 5.88. The van der Waals surface area contributed by atoms with Crippen LogP contribution in [0.1, 0.15) is 52.4 Å². The quantitative estimate of drug-likeness (QED) is 0.814. The Bertz CT molecular complexity index is 267. The Hall–Kier alpha value is -0.570. The lowest BCUT2D eigenvalue weighted by Gasteiger charge is -2.33. The Morgan fingerprint density at radius 1 is 1.35 bits per heavy atom. The second-order valence-corrected chi connectivity index (χ2v) is 5.88. The summed E-state index contributed by atoms with van der Waals surface area (Å²) in [6.07, 6.45) is 7.21. The highest BCUT2D eigenvalue weighted by molar-refractivity contribution is 5.78. The van der Waals surface area contributed by atoms with Crippen molar-refractivity contribution in [3.8, 4) is 0 Å². The monoisotopic (exact) mass is 238 g/mol. The Kier molecular flexibility index (Phi) is 4.43. The van der Waals surface area contributed by atoms with Gasteiger partial charge in [-0.05, 0) is 32.1 Å². The van der Waals surface area contributed by atoms with E-state index in [0.29, 0.717) is 18.0 Å². The van der Waals surface area contributed by atoms with Gasteiger partial charge in [0.2, 0.25) is 5.91 Å². The van der Waals surface area contributed by atoms with Gasteiger partial charge in [-0.3, -0.25) is 4.79 Å². The number of nitrogens with one attached hydrogen (secondary N) is 1. The van der Waals surface area contributed by atoms with Gasteiger partial charge in [-0.15, -0.1) is 0 Å². The highest BCUT2D eigenvalue weighted by Crippen LogP contribution is 2.24. The molecule has 0 spiro atoms. The van der Waals surface area contributed by atoms with Crippen molar-refractivity contribution in [2.24, 2.45) is 5.92 Å². The molecule has 1 saturated heterocycles. The predicted molar refractivity (Wildman–Crippen MR) is 69.8 cm³/mol. The van der Waals surface area contributed by atoms with Crippen molar-refractivity contribution in [3.05, 3.63) is 0 Å². The minimum atomic E-state index is 0.343. The van der Waals surface area contributed by atoms with Crippen LogP contribution in [0.15, 0.2) is 0 Å². The molecule has 2 rings (SSSR count). The van der Waals surface area contributed by atoms with Crippen LogP contribution in [0.25, 0.3) is 0 Å². The molecular weight excluding hydrogens is 212 g/mol. The van der Waals surface area contributed by atoms with Crippen molar-refractivity contribution in [2.75, 3.05) is 13.1 Å². The van der Waals surface area contributed by atoms with Crippen LogP contribution in [-0.2, 0) is 4.79 Å². The molecular formula is C14H26N2O. The van der Waals surface area contributed by atoms with Crippen molar-refractivity contribution < 1.29 is 4.79 Å². The topological polar surface area (TPSA) is 32.3 Å². The predicted octanol–water partition coefficient (Wildman–Crippen LogP) is 2.17. The average molecular weight is 238 g/mol. The first-order chi connectivity index (χ1) is 8.16. The summed E-state index contributed by atoms with van der Waals surface area (Å²) in [4.78, 5) is 13.6. The van der Waals surface area contributed by atoms with Gasteiger partial charge in [0.25, 0.3) is 0 Å². The molecule has 0 bridgehead atoms. The first-order valence-corrected chi connectivity index (χ1v) is 7.20. The fourth-order valence-corrected chi connectivity index (χ4v) is 3.21. The molecule has 1 amide bonds. The average Bonchev–Trinajstić information content (AvgIpc) is 2.68. The standard InChI is InChI=1S/C14H26N2O/c1-11-6-3-4-7-13(11)15-12(2)10-16-9-5-8-14(16)17/h11-13,15H,3-10H2,1-2H3. The SMILES string of the molecule is CC(CN1CCCC1=O)NC1CCCCC1C. The summed E-state index contributed by atoms with van der Waals surface area (Å²) in [5.41, 5.74) is 0. The molecule has 3 heteroatoms. The lowest BCUT2D eigenvalue weighted by molar-refractivity contribution is -0.128. The number of nitrogens with zero attached hydrogens (tertiary/aromatic N) is 1.